The highest BCUT2D eigenvalue weighted by Crippen LogP contribution is 2.21. The van der Waals surface area contributed by atoms with Crippen molar-refractivity contribution < 1.29 is 9.53 Å². The molecule has 130 valence electrons. The lowest BCUT2D eigenvalue weighted by molar-refractivity contribution is 0.0944. The van der Waals surface area contributed by atoms with E-state index in [1.165, 1.54) is 0 Å². The summed E-state index contributed by atoms with van der Waals surface area (Å²) in [5.41, 5.74) is 2.69. The number of ether oxygens (including phenoxy) is 1. The van der Waals surface area contributed by atoms with E-state index in [4.69, 9.17) is 4.74 Å². The summed E-state index contributed by atoms with van der Waals surface area (Å²) in [5.74, 6) is 1.16. The van der Waals surface area contributed by atoms with Gasteiger partial charge in [0.05, 0.1) is 19.3 Å². The van der Waals surface area contributed by atoms with E-state index in [1.54, 1.807) is 13.2 Å². The van der Waals surface area contributed by atoms with Gasteiger partial charge in [0, 0.05) is 11.8 Å². The number of methoxy groups -OCH3 is 1. The van der Waals surface area contributed by atoms with Crippen LogP contribution in [0.2, 0.25) is 0 Å². The molecule has 0 saturated carbocycles. The molecule has 2 N–H and O–H groups in total. The molecule has 0 atom stereocenters. The van der Waals surface area contributed by atoms with Gasteiger partial charge in [-0.3, -0.25) is 14.3 Å². The third-order valence-electron chi connectivity index (χ3n) is 4.00. The number of nitrogens with one attached hydrogen (secondary N) is 2. The molecule has 0 unspecified atom stereocenters. The maximum atomic E-state index is 12.4. The van der Waals surface area contributed by atoms with E-state index in [1.807, 2.05) is 53.1 Å². The number of rotatable bonds is 5. The number of pyridine rings is 1. The number of amides is 1. The summed E-state index contributed by atoms with van der Waals surface area (Å²) in [6.45, 7) is 0.265. The van der Waals surface area contributed by atoms with Gasteiger partial charge in [-0.15, -0.1) is 10.2 Å². The Morgan fingerprint density at radius 3 is 2.85 bits per heavy atom. The maximum absolute atomic E-state index is 12.4. The Morgan fingerprint density at radius 2 is 2.04 bits per heavy atom. The van der Waals surface area contributed by atoms with Gasteiger partial charge in [0.25, 0.3) is 5.91 Å². The lowest BCUT2D eigenvalue weighted by Gasteiger charge is -2.02. The zero-order valence-electron chi connectivity index (χ0n) is 14.0. The van der Waals surface area contributed by atoms with Crippen molar-refractivity contribution in [3.8, 4) is 17.0 Å². The second-order valence-electron chi connectivity index (χ2n) is 5.62. The van der Waals surface area contributed by atoms with E-state index < -0.39 is 0 Å². The van der Waals surface area contributed by atoms with Gasteiger partial charge in [0.15, 0.2) is 11.5 Å². The average Bonchev–Trinajstić information content (AvgIpc) is 3.34. The fourth-order valence-corrected chi connectivity index (χ4v) is 2.61. The summed E-state index contributed by atoms with van der Waals surface area (Å²) in [6.07, 6.45) is 1.86. The lowest BCUT2D eigenvalue weighted by atomic mass is 10.1. The van der Waals surface area contributed by atoms with Crippen LogP contribution in [0.15, 0.2) is 54.7 Å². The quantitative estimate of drug-likeness (QED) is 0.575. The van der Waals surface area contributed by atoms with Crippen molar-refractivity contribution in [3.05, 3.63) is 66.2 Å². The zero-order chi connectivity index (χ0) is 17.9. The van der Waals surface area contributed by atoms with E-state index in [2.05, 4.69) is 25.7 Å². The third-order valence-corrected chi connectivity index (χ3v) is 4.00. The van der Waals surface area contributed by atoms with E-state index in [-0.39, 0.29) is 12.5 Å². The Hall–Kier alpha value is -3.68. The smallest absolute Gasteiger partial charge is 0.269 e. The average molecular weight is 348 g/mol. The number of H-pyrrole nitrogens is 1. The molecule has 0 radical (unpaired) electrons. The Kier molecular flexibility index (Phi) is 4.06. The number of benzene rings is 1. The molecule has 0 aliphatic rings. The van der Waals surface area contributed by atoms with Gasteiger partial charge in [-0.1, -0.05) is 6.07 Å². The summed E-state index contributed by atoms with van der Waals surface area (Å²) in [6, 6.07) is 14.8. The first-order valence-corrected chi connectivity index (χ1v) is 8.01. The van der Waals surface area contributed by atoms with Crippen molar-refractivity contribution in [2.75, 3.05) is 7.11 Å². The first kappa shape index (κ1) is 15.8. The van der Waals surface area contributed by atoms with Crippen LogP contribution in [0.25, 0.3) is 16.9 Å². The summed E-state index contributed by atoms with van der Waals surface area (Å²) in [5, 5.41) is 17.9. The topological polar surface area (TPSA) is 97.2 Å². The van der Waals surface area contributed by atoms with Crippen LogP contribution in [-0.2, 0) is 6.54 Å². The normalized spacial score (nSPS) is 10.8. The van der Waals surface area contributed by atoms with E-state index in [9.17, 15) is 4.79 Å². The minimum absolute atomic E-state index is 0.259. The molecule has 4 aromatic rings. The zero-order valence-corrected chi connectivity index (χ0v) is 14.0. The second kappa shape index (κ2) is 6.67. The molecule has 1 aromatic carbocycles. The first-order valence-electron chi connectivity index (χ1n) is 8.01. The number of carbonyl (C=O) groups excluding carboxylic acids is 1. The minimum Gasteiger partial charge on any atom is -0.497 e. The number of nitrogens with zero attached hydrogens (tertiary/aromatic N) is 4. The lowest BCUT2D eigenvalue weighted by Crippen LogP contribution is -2.24. The SMILES string of the molecule is COc1ccc(-c2cc(C(=O)NCc3nnc4ccccn34)[nH]n2)cc1. The number of hydrogen-bond donors (Lipinski definition) is 2. The summed E-state index contributed by atoms with van der Waals surface area (Å²) in [4.78, 5) is 12.4. The van der Waals surface area contributed by atoms with Crippen molar-refractivity contribution in [1.29, 1.82) is 0 Å². The fourth-order valence-electron chi connectivity index (χ4n) is 2.61. The number of fused-ring (bicyclic) bond motifs is 1. The molecule has 0 bridgehead atoms. The molecular formula is C18H16N6O2. The van der Waals surface area contributed by atoms with Crippen LogP contribution in [0.4, 0.5) is 0 Å². The first-order chi connectivity index (χ1) is 12.7. The van der Waals surface area contributed by atoms with E-state index >= 15 is 0 Å². The van der Waals surface area contributed by atoms with Gasteiger partial charge in [0.2, 0.25) is 0 Å². The number of aromatic nitrogens is 5. The molecule has 26 heavy (non-hydrogen) atoms. The predicted octanol–water partition coefficient (Wildman–Crippen LogP) is 2.06. The maximum Gasteiger partial charge on any atom is 0.269 e. The highest BCUT2D eigenvalue weighted by Gasteiger charge is 2.12. The summed E-state index contributed by atoms with van der Waals surface area (Å²) < 4.78 is 6.97. The van der Waals surface area contributed by atoms with Crippen molar-refractivity contribution in [2.24, 2.45) is 0 Å². The van der Waals surface area contributed by atoms with Crippen LogP contribution in [0.5, 0.6) is 5.75 Å². The fraction of sp³-hybridized carbons (Fsp3) is 0.111. The van der Waals surface area contributed by atoms with Crippen LogP contribution in [0.3, 0.4) is 0 Å². The number of hydrogen-bond acceptors (Lipinski definition) is 5. The molecule has 8 nitrogen and oxygen atoms in total. The number of carbonyl (C=O) groups is 1. The monoisotopic (exact) mass is 348 g/mol. The van der Waals surface area contributed by atoms with Gasteiger partial charge in [-0.2, -0.15) is 5.10 Å². The summed E-state index contributed by atoms with van der Waals surface area (Å²) >= 11 is 0. The molecule has 4 rings (SSSR count). The molecule has 0 aliphatic heterocycles. The standard InChI is InChI=1S/C18H16N6O2/c1-26-13-7-5-12(6-8-13)14-10-15(21-20-14)18(25)19-11-17-23-22-16-4-2-3-9-24(16)17/h2-10H,11H2,1H3,(H,19,25)(H,20,21). The molecule has 0 aliphatic carbocycles. The van der Waals surface area contributed by atoms with Gasteiger partial charge in [-0.25, -0.2) is 0 Å². The van der Waals surface area contributed by atoms with Gasteiger partial charge in [0.1, 0.15) is 11.4 Å². The van der Waals surface area contributed by atoms with Gasteiger partial charge < -0.3 is 10.1 Å². The molecular weight excluding hydrogens is 332 g/mol. The van der Waals surface area contributed by atoms with Crippen LogP contribution in [0, 0.1) is 0 Å². The van der Waals surface area contributed by atoms with Gasteiger partial charge >= 0.3 is 0 Å². The number of aromatic amines is 1. The van der Waals surface area contributed by atoms with Crippen molar-refractivity contribution in [1.82, 2.24) is 30.1 Å². The van der Waals surface area contributed by atoms with E-state index in [0.29, 0.717) is 17.2 Å². The third kappa shape index (κ3) is 3.00. The Labute approximate surface area is 148 Å². The Balaban J connectivity index is 1.46. The van der Waals surface area contributed by atoms with Crippen molar-refractivity contribution in [3.63, 3.8) is 0 Å². The largest absolute Gasteiger partial charge is 0.497 e. The summed E-state index contributed by atoms with van der Waals surface area (Å²) in [7, 11) is 1.62. The highest BCUT2D eigenvalue weighted by atomic mass is 16.5. The molecule has 3 heterocycles. The molecule has 3 aromatic heterocycles. The molecule has 0 saturated heterocycles. The van der Waals surface area contributed by atoms with Crippen LogP contribution in [-0.4, -0.2) is 37.8 Å². The van der Waals surface area contributed by atoms with Crippen molar-refractivity contribution >= 4 is 11.6 Å². The molecule has 8 heteroatoms. The van der Waals surface area contributed by atoms with Crippen LogP contribution < -0.4 is 10.1 Å². The molecule has 0 fully saturated rings. The minimum atomic E-state index is -0.259. The predicted molar refractivity (Wildman–Crippen MR) is 94.7 cm³/mol. The highest BCUT2D eigenvalue weighted by molar-refractivity contribution is 5.93. The Bertz CT molecular complexity index is 1050. The molecule has 1 amide bonds. The van der Waals surface area contributed by atoms with E-state index in [0.717, 1.165) is 17.0 Å². The Morgan fingerprint density at radius 1 is 1.19 bits per heavy atom. The van der Waals surface area contributed by atoms with Crippen LogP contribution in [0.1, 0.15) is 16.3 Å². The van der Waals surface area contributed by atoms with Crippen LogP contribution >= 0.6 is 0 Å². The van der Waals surface area contributed by atoms with Gasteiger partial charge in [-0.05, 0) is 42.5 Å². The second-order valence-corrected chi connectivity index (χ2v) is 5.62. The van der Waals surface area contributed by atoms with Crippen molar-refractivity contribution in [2.45, 2.75) is 6.54 Å². The molecule has 0 spiro atoms.